The molecule has 3 rings (SSSR count). The zero-order chi connectivity index (χ0) is 17.8. The zero-order valence-electron chi connectivity index (χ0n) is 14.2. The van der Waals surface area contributed by atoms with Gasteiger partial charge in [0.05, 0.1) is 19.0 Å². The van der Waals surface area contributed by atoms with E-state index in [0.29, 0.717) is 39.1 Å². The van der Waals surface area contributed by atoms with Crippen molar-refractivity contribution in [3.8, 4) is 0 Å². The van der Waals surface area contributed by atoms with Crippen LogP contribution in [0.5, 0.6) is 0 Å². The first-order valence-electron chi connectivity index (χ1n) is 8.46. The number of carbonyl (C=O) groups is 3. The highest BCUT2D eigenvalue weighted by molar-refractivity contribution is 5.95. The average molecular weight is 350 g/mol. The third-order valence-electron chi connectivity index (χ3n) is 4.45. The predicted molar refractivity (Wildman–Crippen MR) is 85.7 cm³/mol. The summed E-state index contributed by atoms with van der Waals surface area (Å²) in [5.41, 5.74) is 0. The maximum atomic E-state index is 12.4. The van der Waals surface area contributed by atoms with E-state index in [-0.39, 0.29) is 30.3 Å². The molecule has 136 valence electrons. The first-order chi connectivity index (χ1) is 12.1. The van der Waals surface area contributed by atoms with Crippen molar-refractivity contribution < 1.29 is 28.3 Å². The number of amides is 2. The molecule has 2 aliphatic heterocycles. The van der Waals surface area contributed by atoms with Gasteiger partial charge in [-0.2, -0.15) is 0 Å². The van der Waals surface area contributed by atoms with E-state index < -0.39 is 12.0 Å². The number of rotatable bonds is 4. The molecular formula is C17H22N2O6. The second-order valence-electron chi connectivity index (χ2n) is 6.26. The van der Waals surface area contributed by atoms with Crippen LogP contribution in [-0.2, 0) is 19.1 Å². The first kappa shape index (κ1) is 17.5. The van der Waals surface area contributed by atoms with E-state index in [0.717, 1.165) is 0 Å². The van der Waals surface area contributed by atoms with Crippen LogP contribution in [0.3, 0.4) is 0 Å². The summed E-state index contributed by atoms with van der Waals surface area (Å²) >= 11 is 0. The molecular weight excluding hydrogens is 328 g/mol. The van der Waals surface area contributed by atoms with Gasteiger partial charge in [-0.3, -0.25) is 9.59 Å². The quantitative estimate of drug-likeness (QED) is 0.742. The zero-order valence-corrected chi connectivity index (χ0v) is 14.2. The highest BCUT2D eigenvalue weighted by Gasteiger charge is 2.37. The van der Waals surface area contributed by atoms with Crippen molar-refractivity contribution in [2.24, 2.45) is 0 Å². The Hall–Kier alpha value is -2.35. The van der Waals surface area contributed by atoms with Crippen LogP contribution < -0.4 is 0 Å². The van der Waals surface area contributed by atoms with Crippen molar-refractivity contribution in [3.63, 3.8) is 0 Å². The Labute approximate surface area is 145 Å². The van der Waals surface area contributed by atoms with Gasteiger partial charge in [0.2, 0.25) is 0 Å². The summed E-state index contributed by atoms with van der Waals surface area (Å²) in [6, 6.07) is 2.51. The topological polar surface area (TPSA) is 89.3 Å². The van der Waals surface area contributed by atoms with Crippen molar-refractivity contribution in [3.05, 3.63) is 24.2 Å². The largest absolute Gasteiger partial charge is 0.459 e. The fourth-order valence-electron chi connectivity index (χ4n) is 3.16. The molecule has 8 nitrogen and oxygen atoms in total. The van der Waals surface area contributed by atoms with Crippen LogP contribution in [0.4, 0.5) is 0 Å². The molecule has 0 radical (unpaired) electrons. The maximum absolute atomic E-state index is 12.4. The Balaban J connectivity index is 1.53. The Kier molecular flexibility index (Phi) is 5.37. The molecule has 3 heterocycles. The van der Waals surface area contributed by atoms with Gasteiger partial charge in [-0.25, -0.2) is 4.79 Å². The third-order valence-corrected chi connectivity index (χ3v) is 4.45. The molecule has 2 amide bonds. The number of likely N-dealkylation sites (tertiary alicyclic amines) is 1. The molecule has 1 unspecified atom stereocenters. The molecule has 1 aromatic heterocycles. The molecule has 0 aromatic carbocycles. The molecule has 0 bridgehead atoms. The number of morpholine rings is 1. The van der Waals surface area contributed by atoms with Crippen LogP contribution in [0.15, 0.2) is 22.8 Å². The van der Waals surface area contributed by atoms with Crippen LogP contribution in [0.25, 0.3) is 0 Å². The van der Waals surface area contributed by atoms with E-state index >= 15 is 0 Å². The monoisotopic (exact) mass is 350 g/mol. The number of furan rings is 1. The number of ether oxygens (including phenoxy) is 2. The van der Waals surface area contributed by atoms with E-state index in [4.69, 9.17) is 13.9 Å². The standard InChI is InChI=1S/C17H22N2O6/c1-12-10-18(7-9-23-12)15(20)11-25-17(22)13-4-2-6-19(13)16(21)14-5-3-8-24-14/h3,5,8,12-13H,2,4,6-7,9-11H2,1H3/t12?,13-/m0/s1. The molecule has 1 aromatic rings. The van der Waals surface area contributed by atoms with E-state index in [1.54, 1.807) is 17.0 Å². The van der Waals surface area contributed by atoms with Crippen molar-refractivity contribution >= 4 is 17.8 Å². The van der Waals surface area contributed by atoms with Gasteiger partial charge in [0.15, 0.2) is 12.4 Å². The highest BCUT2D eigenvalue weighted by Crippen LogP contribution is 2.21. The molecule has 25 heavy (non-hydrogen) atoms. The molecule has 2 saturated heterocycles. The fourth-order valence-corrected chi connectivity index (χ4v) is 3.16. The van der Waals surface area contributed by atoms with Gasteiger partial charge in [0.25, 0.3) is 11.8 Å². The Morgan fingerprint density at radius 3 is 2.88 bits per heavy atom. The van der Waals surface area contributed by atoms with E-state index in [1.165, 1.54) is 11.2 Å². The van der Waals surface area contributed by atoms with Gasteiger partial charge in [-0.05, 0) is 31.9 Å². The average Bonchev–Trinajstić information content (AvgIpc) is 3.30. The van der Waals surface area contributed by atoms with Gasteiger partial charge in [-0.1, -0.05) is 0 Å². The Morgan fingerprint density at radius 1 is 1.32 bits per heavy atom. The molecule has 0 saturated carbocycles. The molecule has 0 N–H and O–H groups in total. The van der Waals surface area contributed by atoms with Crippen LogP contribution in [0, 0.1) is 0 Å². The summed E-state index contributed by atoms with van der Waals surface area (Å²) in [4.78, 5) is 40.0. The second kappa shape index (κ2) is 7.69. The molecule has 2 atom stereocenters. The number of esters is 1. The smallest absolute Gasteiger partial charge is 0.329 e. The predicted octanol–water partition coefficient (Wildman–Crippen LogP) is 0.675. The lowest BCUT2D eigenvalue weighted by Gasteiger charge is -2.31. The normalized spacial score (nSPS) is 23.6. The van der Waals surface area contributed by atoms with Gasteiger partial charge >= 0.3 is 5.97 Å². The third kappa shape index (κ3) is 4.01. The SMILES string of the molecule is CC1CN(C(=O)COC(=O)[C@@H]2CCCN2C(=O)c2ccco2)CCO1. The Bertz CT molecular complexity index is 629. The molecule has 2 fully saturated rings. The summed E-state index contributed by atoms with van der Waals surface area (Å²) in [6.07, 6.45) is 2.62. The van der Waals surface area contributed by atoms with E-state index in [9.17, 15) is 14.4 Å². The summed E-state index contributed by atoms with van der Waals surface area (Å²) in [5.74, 6) is -0.937. The summed E-state index contributed by atoms with van der Waals surface area (Å²) < 4.78 is 15.7. The van der Waals surface area contributed by atoms with Crippen LogP contribution in [-0.4, -0.2) is 72.6 Å². The maximum Gasteiger partial charge on any atom is 0.329 e. The van der Waals surface area contributed by atoms with Crippen LogP contribution >= 0.6 is 0 Å². The van der Waals surface area contributed by atoms with E-state index in [1.807, 2.05) is 6.92 Å². The van der Waals surface area contributed by atoms with Crippen molar-refractivity contribution in [1.82, 2.24) is 9.80 Å². The van der Waals surface area contributed by atoms with Crippen molar-refractivity contribution in [1.29, 1.82) is 0 Å². The van der Waals surface area contributed by atoms with Crippen molar-refractivity contribution in [2.75, 3.05) is 32.8 Å². The van der Waals surface area contributed by atoms with Gasteiger partial charge in [0.1, 0.15) is 6.04 Å². The summed E-state index contributed by atoms with van der Waals surface area (Å²) in [6.45, 7) is 3.51. The molecule has 0 aliphatic carbocycles. The first-order valence-corrected chi connectivity index (χ1v) is 8.46. The minimum absolute atomic E-state index is 0.0235. The fraction of sp³-hybridized carbons (Fsp3) is 0.588. The Morgan fingerprint density at radius 2 is 2.16 bits per heavy atom. The van der Waals surface area contributed by atoms with E-state index in [2.05, 4.69) is 0 Å². The molecule has 0 spiro atoms. The minimum Gasteiger partial charge on any atom is -0.459 e. The number of nitrogens with zero attached hydrogens (tertiary/aromatic N) is 2. The number of carbonyl (C=O) groups excluding carboxylic acids is 3. The molecule has 8 heteroatoms. The highest BCUT2D eigenvalue weighted by atomic mass is 16.5. The number of hydrogen-bond donors (Lipinski definition) is 0. The van der Waals surface area contributed by atoms with Gasteiger partial charge in [-0.15, -0.1) is 0 Å². The second-order valence-corrected chi connectivity index (χ2v) is 6.26. The summed E-state index contributed by atoms with van der Waals surface area (Å²) in [7, 11) is 0. The van der Waals surface area contributed by atoms with Crippen molar-refractivity contribution in [2.45, 2.75) is 31.9 Å². The van der Waals surface area contributed by atoms with Gasteiger partial charge in [0, 0.05) is 19.6 Å². The van der Waals surface area contributed by atoms with Gasteiger partial charge < -0.3 is 23.7 Å². The molecule has 2 aliphatic rings. The summed E-state index contributed by atoms with van der Waals surface area (Å²) in [5, 5.41) is 0. The van der Waals surface area contributed by atoms with Crippen LogP contribution in [0.1, 0.15) is 30.3 Å². The lowest BCUT2D eigenvalue weighted by atomic mass is 10.2. The minimum atomic E-state index is -0.672. The number of hydrogen-bond acceptors (Lipinski definition) is 6. The lowest BCUT2D eigenvalue weighted by Crippen LogP contribution is -2.47. The van der Waals surface area contributed by atoms with Crippen LogP contribution in [0.2, 0.25) is 0 Å². The lowest BCUT2D eigenvalue weighted by molar-refractivity contribution is -0.157.